The summed E-state index contributed by atoms with van der Waals surface area (Å²) in [5.41, 5.74) is 3.28. The minimum Gasteiger partial charge on any atom is -0.352 e. The Morgan fingerprint density at radius 3 is 2.41 bits per heavy atom. The highest BCUT2D eigenvalue weighted by Gasteiger charge is 2.41. The summed E-state index contributed by atoms with van der Waals surface area (Å²) in [6.45, 7) is 8.75. The molecule has 3 rings (SSSR count). The molecular formula is C23H30N2O3S. The third kappa shape index (κ3) is 4.70. The van der Waals surface area contributed by atoms with Gasteiger partial charge in [-0.15, -0.1) is 0 Å². The summed E-state index contributed by atoms with van der Waals surface area (Å²) in [7, 11) is -3.63. The van der Waals surface area contributed by atoms with Crippen LogP contribution in [0.4, 0.5) is 0 Å². The van der Waals surface area contributed by atoms with Crippen LogP contribution in [0.3, 0.4) is 0 Å². The molecular weight excluding hydrogens is 384 g/mol. The highest BCUT2D eigenvalue weighted by Crippen LogP contribution is 2.33. The fraction of sp³-hybridized carbons (Fsp3) is 0.435. The van der Waals surface area contributed by atoms with E-state index in [2.05, 4.69) is 5.32 Å². The van der Waals surface area contributed by atoms with Gasteiger partial charge in [-0.05, 0) is 74.9 Å². The third-order valence-electron chi connectivity index (χ3n) is 5.74. The molecule has 1 saturated heterocycles. The van der Waals surface area contributed by atoms with Crippen molar-refractivity contribution in [2.24, 2.45) is 5.41 Å². The summed E-state index contributed by atoms with van der Waals surface area (Å²) in [4.78, 5) is 13.3. The maximum atomic E-state index is 13.2. The Hall–Kier alpha value is -2.18. The molecule has 0 aromatic heterocycles. The van der Waals surface area contributed by atoms with Crippen molar-refractivity contribution in [3.05, 3.63) is 64.7 Å². The van der Waals surface area contributed by atoms with Crippen molar-refractivity contribution in [2.45, 2.75) is 52.0 Å². The smallest absolute Gasteiger partial charge is 0.243 e. The Balaban J connectivity index is 1.76. The van der Waals surface area contributed by atoms with Gasteiger partial charge in [-0.2, -0.15) is 4.31 Å². The molecule has 0 radical (unpaired) electrons. The first kappa shape index (κ1) is 21.5. The maximum Gasteiger partial charge on any atom is 0.243 e. The standard InChI is InChI=1S/C23H30N2O3S/c1-17-12-18(2)14-21(13-17)29(27,28)25-11-7-10-23(4,16-25)22(26)24-15-20-9-6-5-8-19(20)3/h5-6,8-9,12-14H,7,10-11,15-16H2,1-4H3,(H,24,26)/t23-/m0/s1. The summed E-state index contributed by atoms with van der Waals surface area (Å²) < 4.78 is 27.9. The molecule has 0 aliphatic carbocycles. The lowest BCUT2D eigenvalue weighted by molar-refractivity contribution is -0.132. The number of benzene rings is 2. The van der Waals surface area contributed by atoms with E-state index in [0.717, 1.165) is 22.3 Å². The number of hydrogen-bond acceptors (Lipinski definition) is 3. The maximum absolute atomic E-state index is 13.2. The average molecular weight is 415 g/mol. The van der Waals surface area contributed by atoms with Gasteiger partial charge in [0.1, 0.15) is 0 Å². The number of sulfonamides is 1. The molecule has 0 spiro atoms. The Bertz CT molecular complexity index is 996. The van der Waals surface area contributed by atoms with E-state index in [1.807, 2.05) is 58.0 Å². The van der Waals surface area contributed by atoms with Crippen LogP contribution in [0.25, 0.3) is 0 Å². The molecule has 2 aromatic carbocycles. The van der Waals surface area contributed by atoms with Gasteiger partial charge in [0.15, 0.2) is 0 Å². The quantitative estimate of drug-likeness (QED) is 0.811. The van der Waals surface area contributed by atoms with E-state index in [1.54, 1.807) is 12.1 Å². The summed E-state index contributed by atoms with van der Waals surface area (Å²) in [5, 5.41) is 3.02. The lowest BCUT2D eigenvalue weighted by Crippen LogP contribution is -2.51. The number of carbonyl (C=O) groups is 1. The minimum atomic E-state index is -3.63. The normalized spacial score (nSPS) is 20.4. The van der Waals surface area contributed by atoms with Gasteiger partial charge in [0, 0.05) is 19.6 Å². The number of rotatable bonds is 5. The monoisotopic (exact) mass is 414 g/mol. The van der Waals surface area contributed by atoms with E-state index in [9.17, 15) is 13.2 Å². The molecule has 1 aliphatic rings. The van der Waals surface area contributed by atoms with Crippen LogP contribution in [0.1, 0.15) is 42.0 Å². The van der Waals surface area contributed by atoms with Crippen LogP contribution in [-0.4, -0.2) is 31.7 Å². The van der Waals surface area contributed by atoms with Crippen LogP contribution in [0.15, 0.2) is 47.4 Å². The second-order valence-electron chi connectivity index (χ2n) is 8.44. The second-order valence-corrected chi connectivity index (χ2v) is 10.4. The first-order valence-corrected chi connectivity index (χ1v) is 11.5. The predicted octanol–water partition coefficient (Wildman–Crippen LogP) is 3.72. The van der Waals surface area contributed by atoms with Gasteiger partial charge in [0.05, 0.1) is 10.3 Å². The molecule has 1 heterocycles. The Morgan fingerprint density at radius 2 is 1.76 bits per heavy atom. The van der Waals surface area contributed by atoms with Crippen LogP contribution < -0.4 is 5.32 Å². The van der Waals surface area contributed by atoms with Gasteiger partial charge in [-0.25, -0.2) is 8.42 Å². The van der Waals surface area contributed by atoms with Gasteiger partial charge < -0.3 is 5.32 Å². The lowest BCUT2D eigenvalue weighted by Gasteiger charge is -2.38. The molecule has 1 aliphatic heterocycles. The number of aryl methyl sites for hydroxylation is 3. The lowest BCUT2D eigenvalue weighted by atomic mass is 9.82. The van der Waals surface area contributed by atoms with Gasteiger partial charge in [0.2, 0.25) is 15.9 Å². The van der Waals surface area contributed by atoms with Crippen LogP contribution in [0.2, 0.25) is 0 Å². The van der Waals surface area contributed by atoms with Crippen LogP contribution >= 0.6 is 0 Å². The fourth-order valence-corrected chi connectivity index (χ4v) is 5.80. The molecule has 1 fully saturated rings. The molecule has 1 amide bonds. The van der Waals surface area contributed by atoms with Crippen LogP contribution in [-0.2, 0) is 21.4 Å². The molecule has 0 saturated carbocycles. The second kappa shape index (κ2) is 8.28. The Kier molecular flexibility index (Phi) is 6.15. The minimum absolute atomic E-state index is 0.0962. The number of amides is 1. The summed E-state index contributed by atoms with van der Waals surface area (Å²) in [5.74, 6) is -0.0962. The molecule has 0 unspecified atom stereocenters. The average Bonchev–Trinajstić information content (AvgIpc) is 2.66. The van der Waals surface area contributed by atoms with Crippen molar-refractivity contribution in [3.63, 3.8) is 0 Å². The summed E-state index contributed by atoms with van der Waals surface area (Å²) in [6, 6.07) is 13.3. The summed E-state index contributed by atoms with van der Waals surface area (Å²) in [6.07, 6.45) is 1.34. The van der Waals surface area contributed by atoms with E-state index in [-0.39, 0.29) is 12.5 Å². The number of nitrogens with one attached hydrogen (secondary N) is 1. The molecule has 156 valence electrons. The van der Waals surface area contributed by atoms with E-state index in [4.69, 9.17) is 0 Å². The molecule has 29 heavy (non-hydrogen) atoms. The zero-order chi connectivity index (χ0) is 21.2. The number of carbonyl (C=O) groups excluding carboxylic acids is 1. The SMILES string of the molecule is Cc1cc(C)cc(S(=O)(=O)N2CCC[C@](C)(C(=O)NCc3ccccc3C)C2)c1. The number of hydrogen-bond donors (Lipinski definition) is 1. The van der Waals surface area contributed by atoms with E-state index >= 15 is 0 Å². The van der Waals surface area contributed by atoms with Crippen molar-refractivity contribution < 1.29 is 13.2 Å². The van der Waals surface area contributed by atoms with E-state index < -0.39 is 15.4 Å². The van der Waals surface area contributed by atoms with Crippen molar-refractivity contribution >= 4 is 15.9 Å². The van der Waals surface area contributed by atoms with E-state index in [0.29, 0.717) is 30.8 Å². The molecule has 2 aromatic rings. The van der Waals surface area contributed by atoms with Crippen molar-refractivity contribution in [1.29, 1.82) is 0 Å². The Morgan fingerprint density at radius 1 is 1.10 bits per heavy atom. The van der Waals surface area contributed by atoms with Gasteiger partial charge >= 0.3 is 0 Å². The van der Waals surface area contributed by atoms with Gasteiger partial charge in [-0.3, -0.25) is 4.79 Å². The van der Waals surface area contributed by atoms with Gasteiger partial charge in [0.25, 0.3) is 0 Å². The highest BCUT2D eigenvalue weighted by atomic mass is 32.2. The largest absolute Gasteiger partial charge is 0.352 e. The third-order valence-corrected chi connectivity index (χ3v) is 7.57. The molecule has 6 heteroatoms. The number of piperidine rings is 1. The zero-order valence-corrected chi connectivity index (χ0v) is 18.5. The van der Waals surface area contributed by atoms with Gasteiger partial charge in [-0.1, -0.05) is 30.3 Å². The molecule has 1 N–H and O–H groups in total. The van der Waals surface area contributed by atoms with Crippen molar-refractivity contribution in [3.8, 4) is 0 Å². The topological polar surface area (TPSA) is 66.5 Å². The van der Waals surface area contributed by atoms with Crippen molar-refractivity contribution in [1.82, 2.24) is 9.62 Å². The predicted molar refractivity (Wildman–Crippen MR) is 115 cm³/mol. The zero-order valence-electron chi connectivity index (χ0n) is 17.7. The molecule has 1 atom stereocenters. The van der Waals surface area contributed by atoms with Crippen molar-refractivity contribution in [2.75, 3.05) is 13.1 Å². The molecule has 0 bridgehead atoms. The van der Waals surface area contributed by atoms with Crippen LogP contribution in [0.5, 0.6) is 0 Å². The first-order valence-electron chi connectivity index (χ1n) is 10.0. The summed E-state index contributed by atoms with van der Waals surface area (Å²) >= 11 is 0. The number of nitrogens with zero attached hydrogens (tertiary/aromatic N) is 1. The van der Waals surface area contributed by atoms with Crippen LogP contribution in [0, 0.1) is 26.2 Å². The fourth-order valence-electron chi connectivity index (χ4n) is 4.01. The first-order chi connectivity index (χ1) is 13.6. The highest BCUT2D eigenvalue weighted by molar-refractivity contribution is 7.89. The van der Waals surface area contributed by atoms with E-state index in [1.165, 1.54) is 4.31 Å². The Labute approximate surface area is 174 Å². The molecule has 5 nitrogen and oxygen atoms in total.